The molecule has 0 spiro atoms. The Morgan fingerprint density at radius 3 is 2.35 bits per heavy atom. The maximum Gasteiger partial charge on any atom is 0.259 e. The number of benzene rings is 1. The first kappa shape index (κ1) is 17.8. The minimum Gasteiger partial charge on any atom is -0.234 e. The first-order valence-corrected chi connectivity index (χ1v) is 9.34. The van der Waals surface area contributed by atoms with Gasteiger partial charge in [0.15, 0.2) is 0 Å². The highest BCUT2D eigenvalue weighted by Gasteiger charge is 2.20. The smallest absolute Gasteiger partial charge is 0.234 e. The first-order valence-electron chi connectivity index (χ1n) is 9.34. The molecule has 2 nitrogen and oxygen atoms in total. The second-order valence-electron chi connectivity index (χ2n) is 6.89. The molecule has 126 valence electrons. The lowest BCUT2D eigenvalue weighted by atomic mass is 10.1. The summed E-state index contributed by atoms with van der Waals surface area (Å²) in [6, 6.07) is 10.8. The fraction of sp³-hybridized carbons (Fsp3) is 0.571. The van der Waals surface area contributed by atoms with E-state index < -0.39 is 0 Å². The van der Waals surface area contributed by atoms with Crippen molar-refractivity contribution >= 4 is 0 Å². The van der Waals surface area contributed by atoms with Crippen LogP contribution < -0.4 is 4.57 Å². The molecule has 0 fully saturated rings. The molecule has 2 heteroatoms. The van der Waals surface area contributed by atoms with E-state index in [0.717, 1.165) is 13.1 Å². The molecule has 0 saturated carbocycles. The molecule has 0 aliphatic carbocycles. The summed E-state index contributed by atoms with van der Waals surface area (Å²) in [6.07, 6.45) is 12.7. The number of hydrogen-bond acceptors (Lipinski definition) is 0. The van der Waals surface area contributed by atoms with Gasteiger partial charge in [0.05, 0.1) is 12.5 Å². The summed E-state index contributed by atoms with van der Waals surface area (Å²) in [5, 5.41) is 0. The predicted octanol–water partition coefficient (Wildman–Crippen LogP) is 5.31. The van der Waals surface area contributed by atoms with Gasteiger partial charge in [0, 0.05) is 0 Å². The van der Waals surface area contributed by atoms with Gasteiger partial charge in [0.2, 0.25) is 0 Å². The maximum atomic E-state index is 2.47. The lowest BCUT2D eigenvalue weighted by Crippen LogP contribution is -2.38. The SMILES string of the molecule is CCCCCCCC[n+]1ccn(Cc2ccccc2)c1C(C)C. The Bertz CT molecular complexity index is 554. The van der Waals surface area contributed by atoms with Crippen molar-refractivity contribution in [3.63, 3.8) is 0 Å². The molecule has 1 aromatic carbocycles. The fourth-order valence-electron chi connectivity index (χ4n) is 3.31. The zero-order chi connectivity index (χ0) is 16.5. The first-order chi connectivity index (χ1) is 11.2. The largest absolute Gasteiger partial charge is 0.259 e. The van der Waals surface area contributed by atoms with Crippen LogP contribution in [0.4, 0.5) is 0 Å². The molecule has 1 aromatic heterocycles. The van der Waals surface area contributed by atoms with Gasteiger partial charge in [-0.15, -0.1) is 0 Å². The fourth-order valence-corrected chi connectivity index (χ4v) is 3.31. The van der Waals surface area contributed by atoms with Crippen molar-refractivity contribution in [3.8, 4) is 0 Å². The number of aromatic nitrogens is 2. The van der Waals surface area contributed by atoms with Gasteiger partial charge in [-0.1, -0.05) is 76.8 Å². The molecule has 0 unspecified atom stereocenters. The van der Waals surface area contributed by atoms with E-state index in [2.05, 4.69) is 72.6 Å². The molecule has 23 heavy (non-hydrogen) atoms. The number of imidazole rings is 1. The van der Waals surface area contributed by atoms with Crippen molar-refractivity contribution in [2.45, 2.75) is 78.3 Å². The number of unbranched alkanes of at least 4 members (excludes halogenated alkanes) is 5. The molecule has 0 bridgehead atoms. The quantitative estimate of drug-likeness (QED) is 0.415. The Balaban J connectivity index is 1.95. The summed E-state index contributed by atoms with van der Waals surface area (Å²) in [7, 11) is 0. The van der Waals surface area contributed by atoms with Crippen LogP contribution in [0.1, 0.15) is 76.6 Å². The minimum atomic E-state index is 0.550. The van der Waals surface area contributed by atoms with Crippen molar-refractivity contribution < 1.29 is 4.57 Å². The van der Waals surface area contributed by atoms with Crippen molar-refractivity contribution in [1.29, 1.82) is 0 Å². The number of hydrogen-bond donors (Lipinski definition) is 0. The van der Waals surface area contributed by atoms with Gasteiger partial charge in [-0.05, 0) is 18.4 Å². The maximum absolute atomic E-state index is 2.47. The second-order valence-corrected chi connectivity index (χ2v) is 6.89. The lowest BCUT2D eigenvalue weighted by molar-refractivity contribution is -0.705. The van der Waals surface area contributed by atoms with Crippen molar-refractivity contribution in [1.82, 2.24) is 4.57 Å². The zero-order valence-corrected chi connectivity index (χ0v) is 15.2. The van der Waals surface area contributed by atoms with Gasteiger partial charge >= 0.3 is 0 Å². The Morgan fingerprint density at radius 1 is 0.957 bits per heavy atom. The van der Waals surface area contributed by atoms with Crippen LogP contribution in [0, 0.1) is 0 Å². The number of nitrogens with zero attached hydrogens (tertiary/aromatic N) is 2. The van der Waals surface area contributed by atoms with E-state index in [4.69, 9.17) is 0 Å². The molecule has 0 radical (unpaired) electrons. The molecular formula is C21H33N2+. The molecule has 0 N–H and O–H groups in total. The third-order valence-electron chi connectivity index (χ3n) is 4.48. The summed E-state index contributed by atoms with van der Waals surface area (Å²) in [5.74, 6) is 2.00. The van der Waals surface area contributed by atoms with Gasteiger partial charge in [0.1, 0.15) is 18.9 Å². The highest BCUT2D eigenvalue weighted by Crippen LogP contribution is 2.14. The molecule has 0 aliphatic heterocycles. The molecular weight excluding hydrogens is 280 g/mol. The molecule has 0 aliphatic rings. The third kappa shape index (κ3) is 5.53. The van der Waals surface area contributed by atoms with E-state index in [1.165, 1.54) is 49.9 Å². The van der Waals surface area contributed by atoms with Gasteiger partial charge in [-0.2, -0.15) is 0 Å². The summed E-state index contributed by atoms with van der Waals surface area (Å²) in [5.41, 5.74) is 1.37. The van der Waals surface area contributed by atoms with Crippen LogP contribution in [-0.2, 0) is 13.1 Å². The molecule has 0 atom stereocenters. The monoisotopic (exact) mass is 313 g/mol. The van der Waals surface area contributed by atoms with Gasteiger partial charge in [-0.3, -0.25) is 0 Å². The topological polar surface area (TPSA) is 8.81 Å². The van der Waals surface area contributed by atoms with Crippen LogP contribution in [0.5, 0.6) is 0 Å². The normalized spacial score (nSPS) is 11.3. The Morgan fingerprint density at radius 2 is 1.65 bits per heavy atom. The second kappa shape index (κ2) is 9.54. The zero-order valence-electron chi connectivity index (χ0n) is 15.2. The van der Waals surface area contributed by atoms with Gasteiger partial charge in [0.25, 0.3) is 5.82 Å². The van der Waals surface area contributed by atoms with Crippen molar-refractivity contribution in [2.75, 3.05) is 0 Å². The van der Waals surface area contributed by atoms with E-state index in [1.807, 2.05) is 0 Å². The van der Waals surface area contributed by atoms with E-state index in [9.17, 15) is 0 Å². The highest BCUT2D eigenvalue weighted by molar-refractivity contribution is 5.15. The Hall–Kier alpha value is -1.57. The summed E-state index contributed by atoms with van der Waals surface area (Å²) in [4.78, 5) is 0. The van der Waals surface area contributed by atoms with Crippen LogP contribution >= 0.6 is 0 Å². The van der Waals surface area contributed by atoms with Crippen LogP contribution in [0.2, 0.25) is 0 Å². The van der Waals surface area contributed by atoms with Crippen molar-refractivity contribution in [2.24, 2.45) is 0 Å². The summed E-state index contributed by atoms with van der Waals surface area (Å²) in [6.45, 7) is 9.00. The third-order valence-corrected chi connectivity index (χ3v) is 4.48. The number of rotatable bonds is 10. The van der Waals surface area contributed by atoms with E-state index in [0.29, 0.717) is 5.92 Å². The standard InChI is InChI=1S/C21H33N2/c1-4-5-6-7-8-12-15-22-16-17-23(21(22)19(2)3)18-20-13-10-9-11-14-20/h9-11,13-14,16-17,19H,4-8,12,15,18H2,1-3H3/q+1. The lowest BCUT2D eigenvalue weighted by Gasteiger charge is -2.08. The van der Waals surface area contributed by atoms with Crippen LogP contribution in [-0.4, -0.2) is 4.57 Å². The molecule has 0 amide bonds. The van der Waals surface area contributed by atoms with Crippen LogP contribution in [0.3, 0.4) is 0 Å². The predicted molar refractivity (Wildman–Crippen MR) is 97.6 cm³/mol. The Labute approximate surface area is 142 Å². The average Bonchev–Trinajstić information content (AvgIpc) is 2.94. The van der Waals surface area contributed by atoms with Crippen LogP contribution in [0.25, 0.3) is 0 Å². The van der Waals surface area contributed by atoms with E-state index >= 15 is 0 Å². The van der Waals surface area contributed by atoms with E-state index in [-0.39, 0.29) is 0 Å². The molecule has 2 rings (SSSR count). The highest BCUT2D eigenvalue weighted by atomic mass is 15.1. The molecule has 1 heterocycles. The Kier molecular flexibility index (Phi) is 7.38. The average molecular weight is 314 g/mol. The van der Waals surface area contributed by atoms with Gasteiger partial charge in [-0.25, -0.2) is 9.13 Å². The van der Waals surface area contributed by atoms with Crippen molar-refractivity contribution in [3.05, 3.63) is 54.1 Å². The molecule has 0 saturated heterocycles. The molecule has 2 aromatic rings. The number of aryl methyl sites for hydroxylation is 1. The minimum absolute atomic E-state index is 0.550. The van der Waals surface area contributed by atoms with Crippen LogP contribution in [0.15, 0.2) is 42.7 Å². The summed E-state index contributed by atoms with van der Waals surface area (Å²) < 4.78 is 4.88. The van der Waals surface area contributed by atoms with E-state index in [1.54, 1.807) is 0 Å². The van der Waals surface area contributed by atoms with Gasteiger partial charge < -0.3 is 0 Å². The summed E-state index contributed by atoms with van der Waals surface area (Å²) >= 11 is 0.